The molecular formula is C14H22ClNO4S. The summed E-state index contributed by atoms with van der Waals surface area (Å²) < 4.78 is 27.9. The largest absolute Gasteiger partial charge is 0.389 e. The molecule has 0 aliphatic carbocycles. The summed E-state index contributed by atoms with van der Waals surface area (Å²) in [5, 5.41) is 13.2. The van der Waals surface area contributed by atoms with Crippen LogP contribution in [-0.2, 0) is 21.2 Å². The van der Waals surface area contributed by atoms with Gasteiger partial charge in [0.15, 0.2) is 9.84 Å². The zero-order valence-electron chi connectivity index (χ0n) is 12.1. The average molecular weight is 336 g/mol. The SMILES string of the molecule is CCS(=O)(=O)CCNCC(O)COCc1ccccc1Cl. The lowest BCUT2D eigenvalue weighted by Gasteiger charge is -2.13. The smallest absolute Gasteiger partial charge is 0.151 e. The first-order valence-electron chi connectivity index (χ1n) is 6.85. The Kier molecular flexibility index (Phi) is 8.21. The van der Waals surface area contributed by atoms with Crippen molar-refractivity contribution in [2.24, 2.45) is 0 Å². The summed E-state index contributed by atoms with van der Waals surface area (Å²) in [6.45, 7) is 2.74. The Morgan fingerprint density at radius 1 is 1.38 bits per heavy atom. The van der Waals surface area contributed by atoms with Crippen molar-refractivity contribution in [2.75, 3.05) is 31.2 Å². The number of hydrogen-bond acceptors (Lipinski definition) is 5. The van der Waals surface area contributed by atoms with E-state index in [0.717, 1.165) is 5.56 Å². The van der Waals surface area contributed by atoms with Crippen molar-refractivity contribution >= 4 is 21.4 Å². The van der Waals surface area contributed by atoms with Crippen LogP contribution in [0.15, 0.2) is 24.3 Å². The normalized spacial score (nSPS) is 13.3. The van der Waals surface area contributed by atoms with E-state index in [1.54, 1.807) is 13.0 Å². The van der Waals surface area contributed by atoms with Gasteiger partial charge in [-0.3, -0.25) is 0 Å². The van der Waals surface area contributed by atoms with Gasteiger partial charge in [0.05, 0.1) is 25.1 Å². The van der Waals surface area contributed by atoms with Gasteiger partial charge in [0.2, 0.25) is 0 Å². The highest BCUT2D eigenvalue weighted by Crippen LogP contribution is 2.15. The van der Waals surface area contributed by atoms with Crippen molar-refractivity contribution in [1.82, 2.24) is 5.32 Å². The molecule has 0 spiro atoms. The molecule has 5 nitrogen and oxygen atoms in total. The van der Waals surface area contributed by atoms with Crippen LogP contribution in [0.3, 0.4) is 0 Å². The number of hydrogen-bond donors (Lipinski definition) is 2. The maximum Gasteiger partial charge on any atom is 0.151 e. The maximum atomic E-state index is 11.3. The molecule has 0 radical (unpaired) electrons. The molecule has 1 unspecified atom stereocenters. The van der Waals surface area contributed by atoms with Gasteiger partial charge in [0.25, 0.3) is 0 Å². The zero-order chi connectivity index (χ0) is 15.7. The fraction of sp³-hybridized carbons (Fsp3) is 0.571. The van der Waals surface area contributed by atoms with Crippen LogP contribution < -0.4 is 5.32 Å². The van der Waals surface area contributed by atoms with E-state index in [4.69, 9.17) is 16.3 Å². The summed E-state index contributed by atoms with van der Waals surface area (Å²) in [6, 6.07) is 7.36. The van der Waals surface area contributed by atoms with Gasteiger partial charge in [0, 0.05) is 23.9 Å². The number of rotatable bonds is 10. The molecule has 120 valence electrons. The number of nitrogens with one attached hydrogen (secondary N) is 1. The van der Waals surface area contributed by atoms with E-state index < -0.39 is 15.9 Å². The molecule has 0 amide bonds. The van der Waals surface area contributed by atoms with Crippen LogP contribution in [0.25, 0.3) is 0 Å². The van der Waals surface area contributed by atoms with Crippen LogP contribution in [0.2, 0.25) is 5.02 Å². The topological polar surface area (TPSA) is 75.6 Å². The summed E-state index contributed by atoms with van der Waals surface area (Å²) in [5.74, 6) is 0.217. The Balaban J connectivity index is 2.14. The predicted octanol–water partition coefficient (Wildman–Crippen LogP) is 1.24. The minimum absolute atomic E-state index is 0.0801. The van der Waals surface area contributed by atoms with Crippen LogP contribution in [0, 0.1) is 0 Å². The number of halogens is 1. The molecule has 1 aromatic carbocycles. The Labute approximate surface area is 131 Å². The van der Waals surface area contributed by atoms with Crippen LogP contribution in [0.5, 0.6) is 0 Å². The van der Waals surface area contributed by atoms with Crippen molar-refractivity contribution < 1.29 is 18.3 Å². The first-order valence-corrected chi connectivity index (χ1v) is 9.05. The summed E-state index contributed by atoms with van der Waals surface area (Å²) in [5.41, 5.74) is 0.869. The van der Waals surface area contributed by atoms with Crippen molar-refractivity contribution in [3.05, 3.63) is 34.9 Å². The molecule has 0 saturated heterocycles. The summed E-state index contributed by atoms with van der Waals surface area (Å²) in [6.07, 6.45) is -0.684. The van der Waals surface area contributed by atoms with Crippen LogP contribution in [0.1, 0.15) is 12.5 Å². The molecule has 1 aromatic rings. The average Bonchev–Trinajstić information content (AvgIpc) is 2.46. The van der Waals surface area contributed by atoms with Crippen LogP contribution >= 0.6 is 11.6 Å². The van der Waals surface area contributed by atoms with Crippen molar-refractivity contribution in [2.45, 2.75) is 19.6 Å². The Morgan fingerprint density at radius 3 is 2.76 bits per heavy atom. The van der Waals surface area contributed by atoms with E-state index in [1.165, 1.54) is 0 Å². The molecule has 0 aromatic heterocycles. The second-order valence-electron chi connectivity index (χ2n) is 4.70. The predicted molar refractivity (Wildman–Crippen MR) is 84.3 cm³/mol. The lowest BCUT2D eigenvalue weighted by atomic mass is 10.2. The number of sulfone groups is 1. The van der Waals surface area contributed by atoms with Gasteiger partial charge in [-0.15, -0.1) is 0 Å². The Bertz CT molecular complexity index is 521. The standard InChI is InChI=1S/C14H22ClNO4S/c1-2-21(18,19)8-7-16-9-13(17)11-20-10-12-5-3-4-6-14(12)15/h3-6,13,16-17H,2,7-11H2,1H3. The van der Waals surface area contributed by atoms with E-state index in [9.17, 15) is 13.5 Å². The van der Waals surface area contributed by atoms with Gasteiger partial charge >= 0.3 is 0 Å². The van der Waals surface area contributed by atoms with Gasteiger partial charge in [-0.1, -0.05) is 36.7 Å². The number of benzene rings is 1. The highest BCUT2D eigenvalue weighted by molar-refractivity contribution is 7.91. The Morgan fingerprint density at radius 2 is 2.10 bits per heavy atom. The number of aliphatic hydroxyl groups excluding tert-OH is 1. The van der Waals surface area contributed by atoms with Gasteiger partial charge < -0.3 is 15.2 Å². The third kappa shape index (κ3) is 7.78. The second kappa shape index (κ2) is 9.38. The monoisotopic (exact) mass is 335 g/mol. The Hall–Kier alpha value is -0.660. The highest BCUT2D eigenvalue weighted by Gasteiger charge is 2.08. The van der Waals surface area contributed by atoms with E-state index >= 15 is 0 Å². The van der Waals surface area contributed by atoms with Crippen molar-refractivity contribution in [3.8, 4) is 0 Å². The molecule has 0 aliphatic heterocycles. The molecule has 0 aliphatic rings. The van der Waals surface area contributed by atoms with Gasteiger partial charge in [0.1, 0.15) is 0 Å². The fourth-order valence-corrected chi connectivity index (χ4v) is 2.55. The van der Waals surface area contributed by atoms with E-state index in [1.807, 2.05) is 18.2 Å². The van der Waals surface area contributed by atoms with Gasteiger partial charge in [-0.2, -0.15) is 0 Å². The first kappa shape index (κ1) is 18.4. The third-order valence-corrected chi connectivity index (χ3v) is 5.01. The molecule has 1 atom stereocenters. The van der Waals surface area contributed by atoms with Crippen molar-refractivity contribution in [1.29, 1.82) is 0 Å². The summed E-state index contributed by atoms with van der Waals surface area (Å²) in [7, 11) is -2.97. The maximum absolute atomic E-state index is 11.3. The van der Waals surface area contributed by atoms with E-state index in [2.05, 4.69) is 5.32 Å². The summed E-state index contributed by atoms with van der Waals surface area (Å²) >= 11 is 5.99. The molecule has 0 fully saturated rings. The minimum atomic E-state index is -2.97. The van der Waals surface area contributed by atoms with Crippen molar-refractivity contribution in [3.63, 3.8) is 0 Å². The first-order chi connectivity index (χ1) is 9.94. The zero-order valence-corrected chi connectivity index (χ0v) is 13.7. The van der Waals surface area contributed by atoms with E-state index in [0.29, 0.717) is 24.7 Å². The molecule has 0 saturated carbocycles. The fourth-order valence-electron chi connectivity index (χ4n) is 1.62. The molecule has 7 heteroatoms. The summed E-state index contributed by atoms with van der Waals surface area (Å²) in [4.78, 5) is 0. The van der Waals surface area contributed by atoms with Crippen LogP contribution in [0.4, 0.5) is 0 Å². The molecular weight excluding hydrogens is 314 g/mol. The quantitative estimate of drug-likeness (QED) is 0.629. The minimum Gasteiger partial charge on any atom is -0.389 e. The lowest BCUT2D eigenvalue weighted by molar-refractivity contribution is 0.0292. The highest BCUT2D eigenvalue weighted by atomic mass is 35.5. The molecule has 2 N–H and O–H groups in total. The molecule has 0 bridgehead atoms. The lowest BCUT2D eigenvalue weighted by Crippen LogP contribution is -2.33. The van der Waals surface area contributed by atoms with Crippen LogP contribution in [-0.4, -0.2) is 50.8 Å². The van der Waals surface area contributed by atoms with E-state index in [-0.39, 0.29) is 18.1 Å². The van der Waals surface area contributed by atoms with Gasteiger partial charge in [-0.05, 0) is 11.6 Å². The number of ether oxygens (including phenoxy) is 1. The molecule has 0 heterocycles. The number of aliphatic hydroxyl groups is 1. The molecule has 1 rings (SSSR count). The third-order valence-electron chi connectivity index (χ3n) is 2.94. The van der Waals surface area contributed by atoms with Gasteiger partial charge in [-0.25, -0.2) is 8.42 Å². The molecule has 21 heavy (non-hydrogen) atoms. The second-order valence-corrected chi connectivity index (χ2v) is 7.58.